The Morgan fingerprint density at radius 3 is 2.69 bits per heavy atom. The molecule has 2 aromatic heterocycles. The Balaban J connectivity index is 2.32. The summed E-state index contributed by atoms with van der Waals surface area (Å²) in [6.45, 7) is 1.62. The van der Waals surface area contributed by atoms with Crippen LogP contribution in [0, 0.1) is 6.92 Å². The van der Waals surface area contributed by atoms with Crippen molar-refractivity contribution in [2.24, 2.45) is 0 Å². The molecule has 2 N–H and O–H groups in total. The number of hydrogen-bond donors (Lipinski definition) is 2. The highest BCUT2D eigenvalue weighted by molar-refractivity contribution is 7.92. The highest BCUT2D eigenvalue weighted by atomic mass is 32.2. The fourth-order valence-electron chi connectivity index (χ4n) is 1.16. The van der Waals surface area contributed by atoms with E-state index in [2.05, 4.69) is 24.9 Å². The first kappa shape index (κ1) is 10.6. The van der Waals surface area contributed by atoms with Crippen molar-refractivity contribution in [2.75, 3.05) is 4.72 Å². The smallest absolute Gasteiger partial charge is 0.266 e. The van der Waals surface area contributed by atoms with Crippen LogP contribution in [0.25, 0.3) is 0 Å². The molecule has 0 fully saturated rings. The molecule has 0 radical (unpaired) electrons. The maximum Gasteiger partial charge on any atom is 0.266 e. The van der Waals surface area contributed by atoms with E-state index >= 15 is 0 Å². The molecule has 8 heteroatoms. The molecule has 7 nitrogen and oxygen atoms in total. The molecule has 0 aliphatic carbocycles. The minimum atomic E-state index is -3.65. The number of aryl methyl sites for hydroxylation is 1. The second-order valence-corrected chi connectivity index (χ2v) is 4.71. The Kier molecular flexibility index (Phi) is 2.57. The van der Waals surface area contributed by atoms with Crippen LogP contribution in [0.5, 0.6) is 0 Å². The van der Waals surface area contributed by atoms with Crippen LogP contribution in [0.1, 0.15) is 5.69 Å². The summed E-state index contributed by atoms with van der Waals surface area (Å²) in [5, 5.41) is 6.20. The number of hydrogen-bond acceptors (Lipinski definition) is 5. The highest BCUT2D eigenvalue weighted by Gasteiger charge is 2.18. The summed E-state index contributed by atoms with van der Waals surface area (Å²) in [7, 11) is -3.65. The van der Waals surface area contributed by atoms with Gasteiger partial charge in [0.1, 0.15) is 4.90 Å². The average Bonchev–Trinajstić information content (AvgIpc) is 2.66. The molecular formula is C8H9N5O2S. The number of H-pyrrole nitrogens is 1. The summed E-state index contributed by atoms with van der Waals surface area (Å²) in [6, 6.07) is 0. The Morgan fingerprint density at radius 2 is 2.12 bits per heavy atom. The fraction of sp³-hybridized carbons (Fsp3) is 0.125. The predicted octanol–water partition coefficient (Wildman–Crippen LogP) is 0.309. The lowest BCUT2D eigenvalue weighted by Crippen LogP contribution is -2.14. The summed E-state index contributed by atoms with van der Waals surface area (Å²) < 4.78 is 26.0. The van der Waals surface area contributed by atoms with Crippen LogP contribution >= 0.6 is 0 Å². The Labute approximate surface area is 92.0 Å². The number of nitrogens with zero attached hydrogens (tertiary/aromatic N) is 3. The molecule has 0 amide bonds. The van der Waals surface area contributed by atoms with Gasteiger partial charge in [-0.3, -0.25) is 14.8 Å². The van der Waals surface area contributed by atoms with Gasteiger partial charge in [-0.05, 0) is 6.92 Å². The van der Waals surface area contributed by atoms with Crippen molar-refractivity contribution in [2.45, 2.75) is 11.8 Å². The largest absolute Gasteiger partial charge is 0.281 e. The monoisotopic (exact) mass is 239 g/mol. The van der Waals surface area contributed by atoms with E-state index in [1.165, 1.54) is 24.8 Å². The van der Waals surface area contributed by atoms with Gasteiger partial charge in [-0.1, -0.05) is 0 Å². The second kappa shape index (κ2) is 3.89. The van der Waals surface area contributed by atoms with Crippen LogP contribution in [0.3, 0.4) is 0 Å². The lowest BCUT2D eigenvalue weighted by atomic mass is 10.5. The van der Waals surface area contributed by atoms with E-state index < -0.39 is 10.0 Å². The van der Waals surface area contributed by atoms with Crippen LogP contribution in [0.15, 0.2) is 29.7 Å². The van der Waals surface area contributed by atoms with Crippen LogP contribution < -0.4 is 4.72 Å². The van der Waals surface area contributed by atoms with Crippen LogP contribution in [0.4, 0.5) is 5.82 Å². The summed E-state index contributed by atoms with van der Waals surface area (Å²) in [4.78, 5) is 7.68. The van der Waals surface area contributed by atoms with Gasteiger partial charge in [0, 0.05) is 12.4 Å². The van der Waals surface area contributed by atoms with Gasteiger partial charge in [-0.2, -0.15) is 5.10 Å². The normalized spacial score (nSPS) is 11.3. The summed E-state index contributed by atoms with van der Waals surface area (Å²) in [5.74, 6) is 0.170. The summed E-state index contributed by atoms with van der Waals surface area (Å²) in [6.07, 6.45) is 5.43. The maximum absolute atomic E-state index is 11.8. The molecule has 0 aliphatic heterocycles. The van der Waals surface area contributed by atoms with Gasteiger partial charge in [0.15, 0.2) is 5.82 Å². The molecule has 84 valence electrons. The van der Waals surface area contributed by atoms with Crippen LogP contribution in [-0.2, 0) is 10.0 Å². The number of rotatable bonds is 3. The third-order valence-corrected chi connectivity index (χ3v) is 3.34. The van der Waals surface area contributed by atoms with Crippen molar-refractivity contribution in [3.8, 4) is 0 Å². The van der Waals surface area contributed by atoms with Gasteiger partial charge in [0.2, 0.25) is 0 Å². The molecule has 0 aliphatic rings. The highest BCUT2D eigenvalue weighted by Crippen LogP contribution is 2.14. The molecule has 0 aromatic carbocycles. The Bertz CT molecular complexity index is 577. The molecule has 0 spiro atoms. The third-order valence-electron chi connectivity index (χ3n) is 1.88. The number of sulfonamides is 1. The summed E-state index contributed by atoms with van der Waals surface area (Å²) >= 11 is 0. The van der Waals surface area contributed by atoms with Gasteiger partial charge in [-0.15, -0.1) is 0 Å². The first-order chi connectivity index (χ1) is 7.59. The van der Waals surface area contributed by atoms with Gasteiger partial charge in [0.25, 0.3) is 10.0 Å². The van der Waals surface area contributed by atoms with E-state index in [9.17, 15) is 8.42 Å². The molecule has 2 rings (SSSR count). The zero-order valence-corrected chi connectivity index (χ0v) is 9.19. The van der Waals surface area contributed by atoms with E-state index in [4.69, 9.17) is 0 Å². The van der Waals surface area contributed by atoms with Crippen molar-refractivity contribution in [3.63, 3.8) is 0 Å². The second-order valence-electron chi connectivity index (χ2n) is 3.06. The zero-order chi connectivity index (χ0) is 11.6. The number of nitrogens with one attached hydrogen (secondary N) is 2. The first-order valence-corrected chi connectivity index (χ1v) is 5.87. The molecule has 2 heterocycles. The first-order valence-electron chi connectivity index (χ1n) is 4.38. The van der Waals surface area contributed by atoms with Crippen molar-refractivity contribution < 1.29 is 8.42 Å². The number of anilines is 1. The molecule has 0 atom stereocenters. The standard InChI is InChI=1S/C8H9N5O2S/c1-6-7(4-11-12-6)16(14,15)13-8-5-9-2-3-10-8/h2-5H,1H3,(H,10,13)(H,11,12). The van der Waals surface area contributed by atoms with Crippen LogP contribution in [-0.4, -0.2) is 28.6 Å². The molecule has 2 aromatic rings. The van der Waals surface area contributed by atoms with E-state index in [1.807, 2.05) is 0 Å². The lowest BCUT2D eigenvalue weighted by molar-refractivity contribution is 0.600. The minimum absolute atomic E-state index is 0.0955. The Morgan fingerprint density at radius 1 is 1.31 bits per heavy atom. The van der Waals surface area contributed by atoms with Crippen molar-refractivity contribution in [1.29, 1.82) is 0 Å². The van der Waals surface area contributed by atoms with Gasteiger partial charge < -0.3 is 0 Å². The predicted molar refractivity (Wildman–Crippen MR) is 56.2 cm³/mol. The molecule has 0 bridgehead atoms. The minimum Gasteiger partial charge on any atom is -0.281 e. The topological polar surface area (TPSA) is 101 Å². The molecule has 16 heavy (non-hydrogen) atoms. The SMILES string of the molecule is Cc1[nH]ncc1S(=O)(=O)Nc1cnccn1. The molecule has 0 unspecified atom stereocenters. The third kappa shape index (κ3) is 2.01. The molecular weight excluding hydrogens is 230 g/mol. The maximum atomic E-state index is 11.8. The number of aromatic nitrogens is 4. The number of aromatic amines is 1. The van der Waals surface area contributed by atoms with E-state index in [1.54, 1.807) is 6.92 Å². The lowest BCUT2D eigenvalue weighted by Gasteiger charge is -2.04. The average molecular weight is 239 g/mol. The fourth-order valence-corrected chi connectivity index (χ4v) is 2.29. The Hall–Kier alpha value is -1.96. The van der Waals surface area contributed by atoms with Crippen LogP contribution in [0.2, 0.25) is 0 Å². The quantitative estimate of drug-likeness (QED) is 0.802. The van der Waals surface area contributed by atoms with Gasteiger partial charge in [0.05, 0.1) is 18.1 Å². The van der Waals surface area contributed by atoms with E-state index in [0.29, 0.717) is 5.69 Å². The molecule has 0 saturated heterocycles. The zero-order valence-electron chi connectivity index (χ0n) is 8.38. The van der Waals surface area contributed by atoms with E-state index in [-0.39, 0.29) is 10.7 Å². The van der Waals surface area contributed by atoms with Crippen molar-refractivity contribution in [1.82, 2.24) is 20.2 Å². The van der Waals surface area contributed by atoms with E-state index in [0.717, 1.165) is 0 Å². The van der Waals surface area contributed by atoms with Gasteiger partial charge >= 0.3 is 0 Å². The van der Waals surface area contributed by atoms with Crippen molar-refractivity contribution >= 4 is 15.8 Å². The summed E-state index contributed by atoms with van der Waals surface area (Å²) in [5.41, 5.74) is 0.469. The molecule has 0 saturated carbocycles. The van der Waals surface area contributed by atoms with Crippen molar-refractivity contribution in [3.05, 3.63) is 30.5 Å². The van der Waals surface area contributed by atoms with Gasteiger partial charge in [-0.25, -0.2) is 13.4 Å².